The highest BCUT2D eigenvalue weighted by atomic mass is 35.5. The highest BCUT2D eigenvalue weighted by Crippen LogP contribution is 2.57. The van der Waals surface area contributed by atoms with Gasteiger partial charge in [-0.05, 0) is 57.4 Å². The fourth-order valence-electron chi connectivity index (χ4n) is 5.56. The Morgan fingerprint density at radius 2 is 1.94 bits per heavy atom. The molecule has 182 valence electrons. The van der Waals surface area contributed by atoms with E-state index in [0.29, 0.717) is 22.2 Å². The van der Waals surface area contributed by atoms with Gasteiger partial charge in [0.15, 0.2) is 0 Å². The van der Waals surface area contributed by atoms with Crippen molar-refractivity contribution in [3.05, 3.63) is 39.1 Å². The maximum absolute atomic E-state index is 13.1. The molecule has 4 fully saturated rings. The van der Waals surface area contributed by atoms with Crippen molar-refractivity contribution in [3.8, 4) is 0 Å². The summed E-state index contributed by atoms with van der Waals surface area (Å²) in [6, 6.07) is 1.22. The molecule has 0 saturated heterocycles. The van der Waals surface area contributed by atoms with Crippen LogP contribution in [0.3, 0.4) is 0 Å². The van der Waals surface area contributed by atoms with Crippen LogP contribution >= 0.6 is 22.9 Å². The van der Waals surface area contributed by atoms with Crippen molar-refractivity contribution < 1.29 is 9.59 Å². The van der Waals surface area contributed by atoms with E-state index in [1.165, 1.54) is 24.2 Å². The Morgan fingerprint density at radius 1 is 1.21 bits per heavy atom. The van der Waals surface area contributed by atoms with Gasteiger partial charge in [0.2, 0.25) is 5.91 Å². The van der Waals surface area contributed by atoms with E-state index in [9.17, 15) is 9.59 Å². The second-order valence-electron chi connectivity index (χ2n) is 10.4. The number of amides is 2. The second-order valence-corrected chi connectivity index (χ2v) is 11.9. The minimum Gasteiger partial charge on any atom is -0.375 e. The molecule has 6 rings (SSSR count). The summed E-state index contributed by atoms with van der Waals surface area (Å²) in [5.74, 6) is 1.04. The van der Waals surface area contributed by atoms with Gasteiger partial charge in [0.05, 0.1) is 28.6 Å². The van der Waals surface area contributed by atoms with Crippen LogP contribution in [0.4, 0.5) is 5.69 Å². The molecule has 0 spiro atoms. The van der Waals surface area contributed by atoms with E-state index in [1.54, 1.807) is 12.4 Å². The molecule has 0 aliphatic heterocycles. The zero-order valence-corrected chi connectivity index (χ0v) is 21.3. The smallest absolute Gasteiger partial charge is 0.263 e. The van der Waals surface area contributed by atoms with Gasteiger partial charge in [-0.25, -0.2) is 4.98 Å². The largest absolute Gasteiger partial charge is 0.375 e. The first-order valence-corrected chi connectivity index (χ1v) is 13.5. The number of halogens is 1. The van der Waals surface area contributed by atoms with E-state index in [1.807, 2.05) is 19.9 Å². The molecule has 0 unspecified atom stereocenters. The molecule has 4 aliphatic rings. The summed E-state index contributed by atoms with van der Waals surface area (Å²) in [5, 5.41) is 11.0. The standard InChI is InChI=1S/C25H32ClN5O2S/c1-14-19(8-18(26)12-27-14)29-15(2)24-28-13-21(34-24)23(33)30-20(7-16-5-3-4-6-16)22(32)31-25-9-17(10-25)11-25/h8,12-13,15-17,20,29H,3-7,9-11H2,1-2H3,(H,30,33)(H,31,32)/t15-,17?,20-,25?/m0/s1. The summed E-state index contributed by atoms with van der Waals surface area (Å²) < 4.78 is 0. The van der Waals surface area contributed by atoms with Gasteiger partial charge in [-0.1, -0.05) is 37.3 Å². The van der Waals surface area contributed by atoms with Crippen LogP contribution in [0.25, 0.3) is 0 Å². The van der Waals surface area contributed by atoms with Gasteiger partial charge in [0.25, 0.3) is 5.91 Å². The molecule has 2 bridgehead atoms. The molecule has 4 saturated carbocycles. The molecule has 9 heteroatoms. The molecule has 34 heavy (non-hydrogen) atoms. The van der Waals surface area contributed by atoms with Crippen LogP contribution in [0.5, 0.6) is 0 Å². The summed E-state index contributed by atoms with van der Waals surface area (Å²) in [5.41, 5.74) is 1.69. The van der Waals surface area contributed by atoms with E-state index in [-0.39, 0.29) is 23.4 Å². The number of anilines is 1. The van der Waals surface area contributed by atoms with Crippen LogP contribution in [0.1, 0.15) is 84.7 Å². The lowest BCUT2D eigenvalue weighted by atomic mass is 9.50. The maximum atomic E-state index is 13.1. The highest BCUT2D eigenvalue weighted by molar-refractivity contribution is 7.13. The molecule has 2 atom stereocenters. The molecule has 2 aromatic heterocycles. The van der Waals surface area contributed by atoms with Gasteiger partial charge in [-0.3, -0.25) is 14.6 Å². The molecular weight excluding hydrogens is 470 g/mol. The Hall–Kier alpha value is -2.19. The van der Waals surface area contributed by atoms with E-state index in [0.717, 1.165) is 54.4 Å². The van der Waals surface area contributed by atoms with Gasteiger partial charge in [0, 0.05) is 11.7 Å². The summed E-state index contributed by atoms with van der Waals surface area (Å²) in [4.78, 5) is 35.5. The molecule has 4 aliphatic carbocycles. The Kier molecular flexibility index (Phi) is 6.55. The maximum Gasteiger partial charge on any atom is 0.263 e. The van der Waals surface area contributed by atoms with E-state index in [4.69, 9.17) is 11.6 Å². The number of thiazole rings is 1. The average Bonchev–Trinajstić information content (AvgIpc) is 3.44. The van der Waals surface area contributed by atoms with Crippen molar-refractivity contribution >= 4 is 40.4 Å². The number of carbonyl (C=O) groups is 2. The topological polar surface area (TPSA) is 96.0 Å². The minimum absolute atomic E-state index is 0.00643. The summed E-state index contributed by atoms with van der Waals surface area (Å²) in [7, 11) is 0. The van der Waals surface area contributed by atoms with Gasteiger partial charge in [0.1, 0.15) is 15.9 Å². The van der Waals surface area contributed by atoms with E-state index < -0.39 is 6.04 Å². The number of hydrogen-bond donors (Lipinski definition) is 3. The molecule has 7 nitrogen and oxygen atoms in total. The van der Waals surface area contributed by atoms with Gasteiger partial charge >= 0.3 is 0 Å². The number of carbonyl (C=O) groups excluding carboxylic acids is 2. The Morgan fingerprint density at radius 3 is 2.62 bits per heavy atom. The van der Waals surface area contributed by atoms with Crippen molar-refractivity contribution in [2.45, 2.75) is 82.8 Å². The molecule has 2 amide bonds. The minimum atomic E-state index is -0.495. The van der Waals surface area contributed by atoms with Crippen LogP contribution < -0.4 is 16.0 Å². The summed E-state index contributed by atoms with van der Waals surface area (Å²) in [6.45, 7) is 3.90. The SMILES string of the molecule is Cc1ncc(Cl)cc1N[C@@H](C)c1ncc(C(=O)N[C@@H](CC2CCCC2)C(=O)NC23CC(C2)C3)s1. The summed E-state index contributed by atoms with van der Waals surface area (Å²) in [6.07, 6.45) is 11.9. The molecule has 0 aromatic carbocycles. The highest BCUT2D eigenvalue weighted by Gasteiger charge is 2.57. The lowest BCUT2D eigenvalue weighted by molar-refractivity contribution is -0.135. The number of aryl methyl sites for hydroxylation is 1. The first-order valence-electron chi connectivity index (χ1n) is 12.3. The number of pyridine rings is 1. The zero-order valence-electron chi connectivity index (χ0n) is 19.7. The van der Waals surface area contributed by atoms with Crippen molar-refractivity contribution in [3.63, 3.8) is 0 Å². The lowest BCUT2D eigenvalue weighted by Crippen LogP contribution is -2.70. The van der Waals surface area contributed by atoms with Gasteiger partial charge in [-0.15, -0.1) is 11.3 Å². The molecule has 2 aromatic rings. The first-order chi connectivity index (χ1) is 16.3. The van der Waals surface area contributed by atoms with Crippen LogP contribution in [0.15, 0.2) is 18.5 Å². The van der Waals surface area contributed by atoms with Crippen molar-refractivity contribution in [2.75, 3.05) is 5.32 Å². The average molecular weight is 502 g/mol. The van der Waals surface area contributed by atoms with E-state index in [2.05, 4.69) is 25.9 Å². The van der Waals surface area contributed by atoms with Crippen molar-refractivity contribution in [2.24, 2.45) is 11.8 Å². The first kappa shape index (κ1) is 23.5. The van der Waals surface area contributed by atoms with E-state index >= 15 is 0 Å². The molecule has 2 heterocycles. The number of nitrogens with one attached hydrogen (secondary N) is 3. The normalized spacial score (nSPS) is 25.1. The quantitative estimate of drug-likeness (QED) is 0.448. The third kappa shape index (κ3) is 4.93. The monoisotopic (exact) mass is 501 g/mol. The lowest BCUT2D eigenvalue weighted by Gasteiger charge is -2.62. The number of nitrogens with zero attached hydrogens (tertiary/aromatic N) is 2. The third-order valence-electron chi connectivity index (χ3n) is 7.64. The van der Waals surface area contributed by atoms with Gasteiger partial charge in [-0.2, -0.15) is 0 Å². The van der Waals surface area contributed by atoms with Crippen LogP contribution in [-0.2, 0) is 4.79 Å². The number of hydrogen-bond acceptors (Lipinski definition) is 6. The second kappa shape index (κ2) is 9.46. The molecule has 3 N–H and O–H groups in total. The predicted molar refractivity (Wildman–Crippen MR) is 134 cm³/mol. The molecular formula is C25H32ClN5O2S. The zero-order chi connectivity index (χ0) is 23.9. The molecule has 0 radical (unpaired) electrons. The van der Waals surface area contributed by atoms with Crippen LogP contribution in [-0.4, -0.2) is 33.4 Å². The Labute approximate surface area is 209 Å². The summed E-state index contributed by atoms with van der Waals surface area (Å²) >= 11 is 7.42. The number of rotatable bonds is 9. The Balaban J connectivity index is 1.23. The fourth-order valence-corrected chi connectivity index (χ4v) is 6.54. The van der Waals surface area contributed by atoms with Crippen molar-refractivity contribution in [1.82, 2.24) is 20.6 Å². The van der Waals surface area contributed by atoms with Gasteiger partial charge < -0.3 is 16.0 Å². The predicted octanol–water partition coefficient (Wildman–Crippen LogP) is 5.02. The number of aromatic nitrogens is 2. The van der Waals surface area contributed by atoms with Crippen LogP contribution in [0.2, 0.25) is 5.02 Å². The Bertz CT molecular complexity index is 1070. The van der Waals surface area contributed by atoms with Crippen LogP contribution in [0, 0.1) is 18.8 Å². The fraction of sp³-hybridized carbons (Fsp3) is 0.600. The third-order valence-corrected chi connectivity index (χ3v) is 9.02. The van der Waals surface area contributed by atoms with Crippen molar-refractivity contribution in [1.29, 1.82) is 0 Å².